The summed E-state index contributed by atoms with van der Waals surface area (Å²) in [4.78, 5) is 0. The van der Waals surface area contributed by atoms with Gasteiger partial charge in [-0.15, -0.1) is 6.58 Å². The van der Waals surface area contributed by atoms with Crippen LogP contribution in [0.4, 0.5) is 0 Å². The van der Waals surface area contributed by atoms with Gasteiger partial charge in [0.25, 0.3) is 0 Å². The quantitative estimate of drug-likeness (QED) is 0.598. The molecular weight excluding hydrogens is 210 g/mol. The number of nitrogens with zero attached hydrogens (tertiary/aromatic N) is 2. The molecule has 0 saturated carbocycles. The maximum absolute atomic E-state index is 6.16. The molecule has 1 aromatic rings. The van der Waals surface area contributed by atoms with Crippen LogP contribution in [0.3, 0.4) is 0 Å². The number of nitrogens with one attached hydrogen (secondary N) is 1. The Morgan fingerprint density at radius 3 is 2.93 bits per heavy atom. The molecule has 0 aromatic carbocycles. The van der Waals surface area contributed by atoms with Crippen molar-refractivity contribution < 1.29 is 0 Å². The first kappa shape index (κ1) is 12.3. The molecule has 0 spiro atoms. The Morgan fingerprint density at radius 1 is 1.60 bits per heavy atom. The highest BCUT2D eigenvalue weighted by Gasteiger charge is 2.11. The number of hydrogen-bond acceptors (Lipinski definition) is 2. The SMILES string of the molecule is C=CCCNCc1c(Cl)c(C)nn1CC. The topological polar surface area (TPSA) is 29.9 Å². The third-order valence-corrected chi connectivity index (χ3v) is 2.76. The predicted molar refractivity (Wildman–Crippen MR) is 64.2 cm³/mol. The fourth-order valence-corrected chi connectivity index (χ4v) is 1.65. The van der Waals surface area contributed by atoms with E-state index in [4.69, 9.17) is 11.6 Å². The van der Waals surface area contributed by atoms with Crippen LogP contribution in [0.1, 0.15) is 24.7 Å². The lowest BCUT2D eigenvalue weighted by atomic mass is 10.3. The minimum atomic E-state index is 0.765. The zero-order valence-electron chi connectivity index (χ0n) is 9.39. The molecule has 0 unspecified atom stereocenters. The van der Waals surface area contributed by atoms with Crippen LogP contribution in [-0.4, -0.2) is 16.3 Å². The smallest absolute Gasteiger partial charge is 0.0860 e. The van der Waals surface area contributed by atoms with Gasteiger partial charge in [0.2, 0.25) is 0 Å². The number of aryl methyl sites for hydroxylation is 2. The first-order valence-corrected chi connectivity index (χ1v) is 5.61. The minimum absolute atomic E-state index is 0.765. The molecule has 1 heterocycles. The molecule has 0 radical (unpaired) electrons. The summed E-state index contributed by atoms with van der Waals surface area (Å²) in [5.74, 6) is 0. The maximum Gasteiger partial charge on any atom is 0.0860 e. The van der Waals surface area contributed by atoms with Crippen molar-refractivity contribution >= 4 is 11.6 Å². The summed E-state index contributed by atoms with van der Waals surface area (Å²) in [7, 11) is 0. The molecule has 0 saturated heterocycles. The zero-order chi connectivity index (χ0) is 11.3. The van der Waals surface area contributed by atoms with Crippen LogP contribution in [0.25, 0.3) is 0 Å². The minimum Gasteiger partial charge on any atom is -0.311 e. The first-order valence-electron chi connectivity index (χ1n) is 5.24. The summed E-state index contributed by atoms with van der Waals surface area (Å²) in [6.45, 7) is 10.2. The van der Waals surface area contributed by atoms with Crippen molar-refractivity contribution in [1.82, 2.24) is 15.1 Å². The average molecular weight is 228 g/mol. The van der Waals surface area contributed by atoms with Gasteiger partial charge in [-0.3, -0.25) is 4.68 Å². The number of hydrogen-bond donors (Lipinski definition) is 1. The van der Waals surface area contributed by atoms with E-state index in [0.717, 1.165) is 42.5 Å². The van der Waals surface area contributed by atoms with Crippen LogP contribution < -0.4 is 5.32 Å². The Balaban J connectivity index is 2.62. The average Bonchev–Trinajstić information content (AvgIpc) is 2.51. The molecule has 0 aliphatic heterocycles. The van der Waals surface area contributed by atoms with E-state index in [1.807, 2.05) is 17.7 Å². The van der Waals surface area contributed by atoms with Crippen molar-refractivity contribution in [3.8, 4) is 0 Å². The second kappa shape index (κ2) is 5.93. The largest absolute Gasteiger partial charge is 0.311 e. The van der Waals surface area contributed by atoms with Crippen molar-refractivity contribution in [2.24, 2.45) is 0 Å². The van der Waals surface area contributed by atoms with Crippen LogP contribution >= 0.6 is 11.6 Å². The molecule has 15 heavy (non-hydrogen) atoms. The third kappa shape index (κ3) is 3.08. The van der Waals surface area contributed by atoms with Crippen molar-refractivity contribution in [2.75, 3.05) is 6.54 Å². The van der Waals surface area contributed by atoms with E-state index in [2.05, 4.69) is 23.9 Å². The van der Waals surface area contributed by atoms with Crippen molar-refractivity contribution in [1.29, 1.82) is 0 Å². The van der Waals surface area contributed by atoms with Crippen molar-refractivity contribution in [3.05, 3.63) is 29.1 Å². The standard InChI is InChI=1S/C11H18ClN3/c1-4-6-7-13-8-10-11(12)9(3)14-15(10)5-2/h4,13H,1,5-8H2,2-3H3. The summed E-state index contributed by atoms with van der Waals surface area (Å²) >= 11 is 6.16. The highest BCUT2D eigenvalue weighted by Crippen LogP contribution is 2.19. The van der Waals surface area contributed by atoms with Crippen LogP contribution in [0.5, 0.6) is 0 Å². The van der Waals surface area contributed by atoms with Crippen LogP contribution in [0, 0.1) is 6.92 Å². The molecule has 1 N–H and O–H groups in total. The molecule has 1 aromatic heterocycles. The van der Waals surface area contributed by atoms with Gasteiger partial charge in [0.05, 0.1) is 16.4 Å². The third-order valence-electron chi connectivity index (χ3n) is 2.27. The fraction of sp³-hybridized carbons (Fsp3) is 0.545. The van der Waals surface area contributed by atoms with Gasteiger partial charge >= 0.3 is 0 Å². The Labute approximate surface area is 96.1 Å². The molecule has 0 aliphatic carbocycles. The fourth-order valence-electron chi connectivity index (χ4n) is 1.45. The van der Waals surface area contributed by atoms with E-state index in [1.54, 1.807) is 0 Å². The van der Waals surface area contributed by atoms with Crippen LogP contribution in [-0.2, 0) is 13.1 Å². The van der Waals surface area contributed by atoms with Crippen LogP contribution in [0.15, 0.2) is 12.7 Å². The lowest BCUT2D eigenvalue weighted by Crippen LogP contribution is -2.17. The molecule has 84 valence electrons. The van der Waals surface area contributed by atoms with Crippen molar-refractivity contribution in [2.45, 2.75) is 33.4 Å². The predicted octanol–water partition coefficient (Wildman–Crippen LogP) is 2.53. The molecule has 1 rings (SSSR count). The summed E-state index contributed by atoms with van der Waals surface area (Å²) in [6.07, 6.45) is 2.87. The van der Waals surface area contributed by atoms with Gasteiger partial charge in [-0.2, -0.15) is 5.10 Å². The summed E-state index contributed by atoms with van der Waals surface area (Å²) in [5.41, 5.74) is 1.97. The van der Waals surface area contributed by atoms with Crippen LogP contribution in [0.2, 0.25) is 5.02 Å². The van der Waals surface area contributed by atoms with Gasteiger partial charge in [0, 0.05) is 13.1 Å². The van der Waals surface area contributed by atoms with Gasteiger partial charge < -0.3 is 5.32 Å². The van der Waals surface area contributed by atoms with Gasteiger partial charge in [0.1, 0.15) is 0 Å². The number of halogens is 1. The second-order valence-electron chi connectivity index (χ2n) is 3.42. The number of rotatable bonds is 6. The Hall–Kier alpha value is -0.800. The van der Waals surface area contributed by atoms with E-state index < -0.39 is 0 Å². The monoisotopic (exact) mass is 227 g/mol. The molecule has 3 nitrogen and oxygen atoms in total. The molecule has 0 aliphatic rings. The molecule has 0 fully saturated rings. The molecule has 0 bridgehead atoms. The zero-order valence-corrected chi connectivity index (χ0v) is 10.1. The molecule has 4 heteroatoms. The van der Waals surface area contributed by atoms with Gasteiger partial charge in [-0.25, -0.2) is 0 Å². The maximum atomic E-state index is 6.16. The highest BCUT2D eigenvalue weighted by molar-refractivity contribution is 6.31. The van der Waals surface area contributed by atoms with Gasteiger partial charge in [-0.05, 0) is 26.8 Å². The van der Waals surface area contributed by atoms with E-state index in [1.165, 1.54) is 0 Å². The summed E-state index contributed by atoms with van der Waals surface area (Å²) in [6, 6.07) is 0. The highest BCUT2D eigenvalue weighted by atomic mass is 35.5. The Morgan fingerprint density at radius 2 is 2.33 bits per heavy atom. The normalized spacial score (nSPS) is 10.6. The second-order valence-corrected chi connectivity index (χ2v) is 3.79. The van der Waals surface area contributed by atoms with Gasteiger partial charge in [0.15, 0.2) is 0 Å². The lowest BCUT2D eigenvalue weighted by Gasteiger charge is -2.06. The lowest BCUT2D eigenvalue weighted by molar-refractivity contribution is 0.581. The molecular formula is C11H18ClN3. The molecule has 0 amide bonds. The summed E-state index contributed by atoms with van der Waals surface area (Å²) < 4.78 is 1.94. The van der Waals surface area contributed by atoms with E-state index in [0.29, 0.717) is 0 Å². The van der Waals surface area contributed by atoms with E-state index >= 15 is 0 Å². The van der Waals surface area contributed by atoms with Crippen molar-refractivity contribution in [3.63, 3.8) is 0 Å². The van der Waals surface area contributed by atoms with E-state index in [9.17, 15) is 0 Å². The first-order chi connectivity index (χ1) is 7.20. The summed E-state index contributed by atoms with van der Waals surface area (Å²) in [5, 5.41) is 8.45. The van der Waals surface area contributed by atoms with Gasteiger partial charge in [-0.1, -0.05) is 17.7 Å². The Kier molecular flexibility index (Phi) is 4.85. The number of aromatic nitrogens is 2. The van der Waals surface area contributed by atoms with E-state index in [-0.39, 0.29) is 0 Å². The molecule has 0 atom stereocenters. The Bertz CT molecular complexity index is 331.